The van der Waals surface area contributed by atoms with Crippen LogP contribution in [0.3, 0.4) is 0 Å². The molecule has 2 aromatic carbocycles. The lowest BCUT2D eigenvalue weighted by molar-refractivity contribution is 0.0782. The summed E-state index contributed by atoms with van der Waals surface area (Å²) in [4.78, 5) is 15.0. The van der Waals surface area contributed by atoms with Crippen molar-refractivity contribution in [2.75, 3.05) is 19.7 Å². The molecule has 26 heavy (non-hydrogen) atoms. The van der Waals surface area contributed by atoms with Crippen molar-refractivity contribution in [1.29, 1.82) is 0 Å². The van der Waals surface area contributed by atoms with E-state index >= 15 is 0 Å². The Morgan fingerprint density at radius 3 is 2.42 bits per heavy atom. The van der Waals surface area contributed by atoms with Crippen LogP contribution in [0.4, 0.5) is 0 Å². The highest BCUT2D eigenvalue weighted by atomic mass is 16.3. The van der Waals surface area contributed by atoms with Gasteiger partial charge in [-0.05, 0) is 18.6 Å². The van der Waals surface area contributed by atoms with Gasteiger partial charge in [0.15, 0.2) is 0 Å². The molecular formula is C21H21N3O2. The lowest BCUT2D eigenvalue weighted by atomic mass is 10.1. The molecule has 1 aromatic heterocycles. The Morgan fingerprint density at radius 1 is 1.08 bits per heavy atom. The van der Waals surface area contributed by atoms with Crippen molar-refractivity contribution in [3.63, 3.8) is 0 Å². The number of para-hydroxylation sites is 1. The van der Waals surface area contributed by atoms with Crippen LogP contribution in [-0.4, -0.2) is 45.4 Å². The van der Waals surface area contributed by atoms with Gasteiger partial charge in [-0.1, -0.05) is 48.5 Å². The minimum atomic E-state index is -0.0259. The van der Waals surface area contributed by atoms with Gasteiger partial charge in [0.1, 0.15) is 5.69 Å². The molecule has 132 valence electrons. The molecule has 1 unspecified atom stereocenters. The Morgan fingerprint density at radius 2 is 1.77 bits per heavy atom. The molecule has 0 radical (unpaired) electrons. The van der Waals surface area contributed by atoms with Gasteiger partial charge < -0.3 is 10.0 Å². The molecule has 1 fully saturated rings. The fraction of sp³-hybridized carbons (Fsp3) is 0.238. The van der Waals surface area contributed by atoms with Gasteiger partial charge in [0, 0.05) is 37.4 Å². The number of carbonyl (C=O) groups excluding carboxylic acids is 1. The molecule has 0 aliphatic carbocycles. The van der Waals surface area contributed by atoms with Crippen LogP contribution in [0.5, 0.6) is 0 Å². The average Bonchev–Trinajstić information content (AvgIpc) is 3.36. The highest BCUT2D eigenvalue weighted by Gasteiger charge is 2.29. The third kappa shape index (κ3) is 3.13. The second-order valence-electron chi connectivity index (χ2n) is 6.63. The second-order valence-corrected chi connectivity index (χ2v) is 6.63. The molecule has 2 heterocycles. The fourth-order valence-electron chi connectivity index (χ4n) is 3.39. The number of likely N-dealkylation sites (tertiary alicyclic amines) is 1. The summed E-state index contributed by atoms with van der Waals surface area (Å²) in [6.07, 6.45) is 2.65. The Balaban J connectivity index is 1.75. The summed E-state index contributed by atoms with van der Waals surface area (Å²) in [6.45, 7) is 1.40. The van der Waals surface area contributed by atoms with Crippen LogP contribution in [0, 0.1) is 5.92 Å². The van der Waals surface area contributed by atoms with Crippen molar-refractivity contribution in [3.8, 4) is 16.9 Å². The second kappa shape index (κ2) is 7.14. The molecule has 0 spiro atoms. The normalized spacial score (nSPS) is 16.8. The van der Waals surface area contributed by atoms with E-state index in [0.29, 0.717) is 24.3 Å². The molecule has 1 aliphatic heterocycles. The maximum Gasteiger partial charge on any atom is 0.257 e. The topological polar surface area (TPSA) is 58.4 Å². The number of hydrogen-bond acceptors (Lipinski definition) is 3. The number of carbonyl (C=O) groups is 1. The fourth-order valence-corrected chi connectivity index (χ4v) is 3.39. The standard InChI is InChI=1S/C21H21N3O2/c25-15-16-11-12-23(13-16)21(26)19-14-24(18-9-5-2-6-10-18)22-20(19)17-7-3-1-4-8-17/h1-10,14,16,25H,11-13,15H2. The van der Waals surface area contributed by atoms with Gasteiger partial charge in [-0.3, -0.25) is 4.79 Å². The number of benzene rings is 2. The smallest absolute Gasteiger partial charge is 0.257 e. The number of rotatable bonds is 4. The van der Waals surface area contributed by atoms with E-state index in [9.17, 15) is 9.90 Å². The van der Waals surface area contributed by atoms with Crippen LogP contribution in [-0.2, 0) is 0 Å². The van der Waals surface area contributed by atoms with Gasteiger partial charge in [0.25, 0.3) is 5.91 Å². The SMILES string of the molecule is O=C(c1cn(-c2ccccc2)nc1-c1ccccc1)N1CCC(CO)C1. The molecule has 0 saturated carbocycles. The summed E-state index contributed by atoms with van der Waals surface area (Å²) >= 11 is 0. The molecule has 1 aliphatic rings. The maximum atomic E-state index is 13.1. The van der Waals surface area contributed by atoms with Crippen LogP contribution in [0.1, 0.15) is 16.8 Å². The van der Waals surface area contributed by atoms with Gasteiger partial charge >= 0.3 is 0 Å². The van der Waals surface area contributed by atoms with Gasteiger partial charge in [-0.25, -0.2) is 4.68 Å². The lowest BCUT2D eigenvalue weighted by Gasteiger charge is -2.16. The Kier molecular flexibility index (Phi) is 4.54. The molecule has 5 heteroatoms. The Bertz CT molecular complexity index is 890. The first-order valence-electron chi connectivity index (χ1n) is 8.87. The molecule has 0 bridgehead atoms. The number of hydrogen-bond donors (Lipinski definition) is 1. The highest BCUT2D eigenvalue weighted by molar-refractivity contribution is 6.00. The average molecular weight is 347 g/mol. The van der Waals surface area contributed by atoms with Crippen molar-refractivity contribution < 1.29 is 9.90 Å². The minimum Gasteiger partial charge on any atom is -0.396 e. The molecule has 1 saturated heterocycles. The summed E-state index contributed by atoms with van der Waals surface area (Å²) in [5.74, 6) is 0.144. The van der Waals surface area contributed by atoms with Crippen molar-refractivity contribution in [2.45, 2.75) is 6.42 Å². The zero-order chi connectivity index (χ0) is 17.9. The summed E-state index contributed by atoms with van der Waals surface area (Å²) in [6, 6.07) is 19.6. The zero-order valence-corrected chi connectivity index (χ0v) is 14.5. The van der Waals surface area contributed by atoms with E-state index in [1.807, 2.05) is 71.8 Å². The molecule has 4 rings (SSSR count). The maximum absolute atomic E-state index is 13.1. The molecule has 1 atom stereocenters. The van der Waals surface area contributed by atoms with Crippen LogP contribution in [0.15, 0.2) is 66.9 Å². The lowest BCUT2D eigenvalue weighted by Crippen LogP contribution is -2.29. The third-order valence-electron chi connectivity index (χ3n) is 4.84. The summed E-state index contributed by atoms with van der Waals surface area (Å²) < 4.78 is 1.76. The van der Waals surface area contributed by atoms with Crippen molar-refractivity contribution in [1.82, 2.24) is 14.7 Å². The minimum absolute atomic E-state index is 0.0259. The number of amides is 1. The summed E-state index contributed by atoms with van der Waals surface area (Å²) in [7, 11) is 0. The number of aromatic nitrogens is 2. The molecule has 3 aromatic rings. The number of aliphatic hydroxyl groups excluding tert-OH is 1. The monoisotopic (exact) mass is 347 g/mol. The van der Waals surface area contributed by atoms with Gasteiger partial charge in [0.2, 0.25) is 0 Å². The Hall–Kier alpha value is -2.92. The van der Waals surface area contributed by atoms with E-state index < -0.39 is 0 Å². The number of aliphatic hydroxyl groups is 1. The first kappa shape index (κ1) is 16.5. The van der Waals surface area contributed by atoms with Crippen LogP contribution in [0.2, 0.25) is 0 Å². The van der Waals surface area contributed by atoms with Crippen LogP contribution >= 0.6 is 0 Å². The molecule has 5 nitrogen and oxygen atoms in total. The van der Waals surface area contributed by atoms with Crippen molar-refractivity contribution in [2.24, 2.45) is 5.92 Å². The molecule has 1 N–H and O–H groups in total. The van der Waals surface area contributed by atoms with Gasteiger partial charge in [0.05, 0.1) is 11.3 Å². The summed E-state index contributed by atoms with van der Waals surface area (Å²) in [5.41, 5.74) is 3.12. The number of nitrogens with zero attached hydrogens (tertiary/aromatic N) is 3. The molecule has 1 amide bonds. The largest absolute Gasteiger partial charge is 0.396 e. The van der Waals surface area contributed by atoms with Gasteiger partial charge in [-0.2, -0.15) is 5.10 Å². The first-order chi connectivity index (χ1) is 12.8. The van der Waals surface area contributed by atoms with E-state index in [1.165, 1.54) is 0 Å². The van der Waals surface area contributed by atoms with E-state index in [0.717, 1.165) is 17.7 Å². The van der Waals surface area contributed by atoms with Crippen LogP contribution < -0.4 is 0 Å². The first-order valence-corrected chi connectivity index (χ1v) is 8.87. The van der Waals surface area contributed by atoms with Crippen LogP contribution in [0.25, 0.3) is 16.9 Å². The van der Waals surface area contributed by atoms with E-state index in [-0.39, 0.29) is 18.4 Å². The van der Waals surface area contributed by atoms with E-state index in [2.05, 4.69) is 0 Å². The van der Waals surface area contributed by atoms with E-state index in [4.69, 9.17) is 5.10 Å². The van der Waals surface area contributed by atoms with Gasteiger partial charge in [-0.15, -0.1) is 0 Å². The molecular weight excluding hydrogens is 326 g/mol. The highest BCUT2D eigenvalue weighted by Crippen LogP contribution is 2.27. The van der Waals surface area contributed by atoms with Crippen molar-refractivity contribution in [3.05, 3.63) is 72.4 Å². The summed E-state index contributed by atoms with van der Waals surface area (Å²) in [5, 5.41) is 14.1. The predicted octanol–water partition coefficient (Wildman–Crippen LogP) is 2.99. The predicted molar refractivity (Wildman–Crippen MR) is 100 cm³/mol. The zero-order valence-electron chi connectivity index (χ0n) is 14.5. The quantitative estimate of drug-likeness (QED) is 0.789. The van der Waals surface area contributed by atoms with Crippen molar-refractivity contribution >= 4 is 5.91 Å². The third-order valence-corrected chi connectivity index (χ3v) is 4.84. The van der Waals surface area contributed by atoms with E-state index in [1.54, 1.807) is 4.68 Å². The Labute approximate surface area is 152 Å².